The third kappa shape index (κ3) is 4.10. The second kappa shape index (κ2) is 7.97. The molecule has 0 unspecified atom stereocenters. The lowest BCUT2D eigenvalue weighted by Crippen LogP contribution is -2.24. The van der Waals surface area contributed by atoms with Gasteiger partial charge in [-0.3, -0.25) is 0 Å². The van der Waals surface area contributed by atoms with Gasteiger partial charge in [-0.15, -0.1) is 0 Å². The van der Waals surface area contributed by atoms with Crippen LogP contribution in [0.4, 0.5) is 35.1 Å². The molecular weight excluding hydrogens is 420 g/mol. The summed E-state index contributed by atoms with van der Waals surface area (Å²) in [4.78, 5) is 0. The van der Waals surface area contributed by atoms with Gasteiger partial charge in [-0.2, -0.15) is 8.78 Å². The maximum Gasteiger partial charge on any atom is 0.429 e. The summed E-state index contributed by atoms with van der Waals surface area (Å²) in [7, 11) is 0. The molecule has 0 aromatic heterocycles. The fourth-order valence-corrected chi connectivity index (χ4v) is 2.76. The molecule has 0 spiro atoms. The van der Waals surface area contributed by atoms with Crippen LogP contribution in [0.2, 0.25) is 0 Å². The monoisotopic (exact) mass is 432 g/mol. The Morgan fingerprint density at radius 1 is 0.800 bits per heavy atom. The topological polar surface area (TPSA) is 9.23 Å². The smallest absolute Gasteiger partial charge is 0.429 e. The third-order valence-electron chi connectivity index (χ3n) is 4.28. The van der Waals surface area contributed by atoms with Crippen molar-refractivity contribution in [2.24, 2.45) is 0 Å². The number of halogens is 8. The average molecular weight is 432 g/mol. The first kappa shape index (κ1) is 21.6. The van der Waals surface area contributed by atoms with Gasteiger partial charge in [0, 0.05) is 17.7 Å². The number of hydrogen-bond acceptors (Lipinski definition) is 1. The van der Waals surface area contributed by atoms with Gasteiger partial charge in [-0.25, -0.2) is 26.3 Å². The Bertz CT molecular complexity index is 1050. The van der Waals surface area contributed by atoms with Crippen LogP contribution in [0.5, 0.6) is 5.75 Å². The summed E-state index contributed by atoms with van der Waals surface area (Å²) in [6.07, 6.45) is -8.08. The van der Waals surface area contributed by atoms with Crippen LogP contribution in [-0.2, 0) is 6.11 Å². The molecule has 158 valence electrons. The van der Waals surface area contributed by atoms with Gasteiger partial charge in [0.25, 0.3) is 6.43 Å². The van der Waals surface area contributed by atoms with E-state index in [-0.39, 0.29) is 23.3 Å². The highest BCUT2D eigenvalue weighted by Crippen LogP contribution is 2.38. The highest BCUT2D eigenvalue weighted by atomic mass is 19.3. The molecule has 30 heavy (non-hydrogen) atoms. The zero-order valence-electron chi connectivity index (χ0n) is 15.1. The van der Waals surface area contributed by atoms with Crippen molar-refractivity contribution in [3.63, 3.8) is 0 Å². The molecular formula is C21H12F8O. The van der Waals surface area contributed by atoms with Gasteiger partial charge in [0.1, 0.15) is 22.9 Å². The number of aryl methyl sites for hydroxylation is 1. The molecule has 0 bridgehead atoms. The number of rotatable bonds is 5. The van der Waals surface area contributed by atoms with Crippen LogP contribution in [0, 0.1) is 30.2 Å². The maximum absolute atomic E-state index is 14.4. The van der Waals surface area contributed by atoms with Crippen molar-refractivity contribution in [1.29, 1.82) is 0 Å². The molecule has 0 saturated heterocycles. The van der Waals surface area contributed by atoms with Crippen molar-refractivity contribution in [2.75, 3.05) is 0 Å². The highest BCUT2D eigenvalue weighted by Gasteiger charge is 2.40. The van der Waals surface area contributed by atoms with E-state index in [1.165, 1.54) is 12.1 Å². The molecule has 0 aliphatic rings. The molecule has 0 saturated carbocycles. The summed E-state index contributed by atoms with van der Waals surface area (Å²) < 4.78 is 114. The van der Waals surface area contributed by atoms with E-state index in [4.69, 9.17) is 0 Å². The summed E-state index contributed by atoms with van der Waals surface area (Å²) in [6, 6.07) is 7.84. The minimum absolute atomic E-state index is 0.105. The molecule has 0 fully saturated rings. The molecule has 3 rings (SSSR count). The molecule has 0 radical (unpaired) electrons. The van der Waals surface area contributed by atoms with Crippen molar-refractivity contribution < 1.29 is 39.9 Å². The summed E-state index contributed by atoms with van der Waals surface area (Å²) in [5.74, 6) is -8.33. The molecule has 0 N–H and O–H groups in total. The van der Waals surface area contributed by atoms with Crippen molar-refractivity contribution in [3.8, 4) is 16.9 Å². The van der Waals surface area contributed by atoms with Crippen LogP contribution in [0.25, 0.3) is 11.1 Å². The van der Waals surface area contributed by atoms with Gasteiger partial charge in [0.2, 0.25) is 0 Å². The first-order chi connectivity index (χ1) is 14.0. The SMILES string of the molecule is Cc1ccc(-c2ccc(C(F)(F)Oc3cc(F)c(C(F)F)c(F)c3)c(F)c2F)cc1. The van der Waals surface area contributed by atoms with E-state index in [0.717, 1.165) is 11.6 Å². The zero-order valence-corrected chi connectivity index (χ0v) is 15.1. The molecule has 0 heterocycles. The number of ether oxygens (including phenoxy) is 1. The Hall–Kier alpha value is -3.10. The third-order valence-corrected chi connectivity index (χ3v) is 4.28. The van der Waals surface area contributed by atoms with E-state index in [2.05, 4.69) is 4.74 Å². The van der Waals surface area contributed by atoms with Crippen LogP contribution in [0.15, 0.2) is 48.5 Å². The molecule has 1 nitrogen and oxygen atoms in total. The van der Waals surface area contributed by atoms with Crippen LogP contribution in [0.3, 0.4) is 0 Å². The van der Waals surface area contributed by atoms with Crippen molar-refractivity contribution >= 4 is 0 Å². The standard InChI is InChI=1S/C21H12F8O/c1-10-2-4-11(5-3-10)13-6-7-14(19(25)18(13)24)21(28,29)30-12-8-15(22)17(20(26)27)16(23)9-12/h2-9,20H,1H3. The Morgan fingerprint density at radius 2 is 1.37 bits per heavy atom. The van der Waals surface area contributed by atoms with Crippen molar-refractivity contribution in [2.45, 2.75) is 19.5 Å². The lowest BCUT2D eigenvalue weighted by molar-refractivity contribution is -0.187. The fraction of sp³-hybridized carbons (Fsp3) is 0.143. The fourth-order valence-electron chi connectivity index (χ4n) is 2.76. The Balaban J connectivity index is 1.97. The highest BCUT2D eigenvalue weighted by molar-refractivity contribution is 5.65. The Labute approximate surface area is 165 Å². The molecule has 0 amide bonds. The normalized spacial score (nSPS) is 11.8. The molecule has 3 aromatic carbocycles. The molecule has 3 aromatic rings. The van der Waals surface area contributed by atoms with Gasteiger partial charge in [-0.1, -0.05) is 35.9 Å². The molecule has 0 aliphatic heterocycles. The maximum atomic E-state index is 14.4. The zero-order chi connectivity index (χ0) is 22.2. The molecule has 9 heteroatoms. The van der Waals surface area contributed by atoms with Gasteiger partial charge in [0.15, 0.2) is 11.6 Å². The van der Waals surface area contributed by atoms with E-state index in [9.17, 15) is 35.1 Å². The summed E-state index contributed by atoms with van der Waals surface area (Å²) in [5.41, 5.74) is -2.36. The lowest BCUT2D eigenvalue weighted by atomic mass is 10.0. The van der Waals surface area contributed by atoms with Crippen LogP contribution < -0.4 is 4.74 Å². The quantitative estimate of drug-likeness (QED) is 0.385. The van der Waals surface area contributed by atoms with E-state index < -0.39 is 52.7 Å². The predicted molar refractivity (Wildman–Crippen MR) is 92.4 cm³/mol. The number of hydrogen-bond donors (Lipinski definition) is 0. The second-order valence-electron chi connectivity index (χ2n) is 6.37. The number of benzene rings is 3. The predicted octanol–water partition coefficient (Wildman–Crippen LogP) is 7.28. The average Bonchev–Trinajstić information content (AvgIpc) is 2.63. The lowest BCUT2D eigenvalue weighted by Gasteiger charge is -2.20. The van der Waals surface area contributed by atoms with E-state index >= 15 is 0 Å². The van der Waals surface area contributed by atoms with Crippen molar-refractivity contribution in [3.05, 3.63) is 88.5 Å². The molecule has 0 aliphatic carbocycles. The summed E-state index contributed by atoms with van der Waals surface area (Å²) >= 11 is 0. The van der Waals surface area contributed by atoms with E-state index in [1.54, 1.807) is 19.1 Å². The van der Waals surface area contributed by atoms with Crippen LogP contribution in [0.1, 0.15) is 23.1 Å². The van der Waals surface area contributed by atoms with Gasteiger partial charge >= 0.3 is 6.11 Å². The summed E-state index contributed by atoms with van der Waals surface area (Å²) in [6.45, 7) is 1.77. The van der Waals surface area contributed by atoms with Gasteiger partial charge in [0.05, 0.1) is 5.56 Å². The summed E-state index contributed by atoms with van der Waals surface area (Å²) in [5, 5.41) is 0. The first-order valence-corrected chi connectivity index (χ1v) is 8.40. The van der Waals surface area contributed by atoms with Crippen LogP contribution >= 0.6 is 0 Å². The van der Waals surface area contributed by atoms with Crippen LogP contribution in [-0.4, -0.2) is 0 Å². The number of alkyl halides is 4. The van der Waals surface area contributed by atoms with E-state index in [0.29, 0.717) is 6.07 Å². The Morgan fingerprint density at radius 3 is 1.90 bits per heavy atom. The van der Waals surface area contributed by atoms with Crippen molar-refractivity contribution in [1.82, 2.24) is 0 Å². The minimum Gasteiger partial charge on any atom is -0.429 e. The molecule has 0 atom stereocenters. The minimum atomic E-state index is -4.55. The van der Waals surface area contributed by atoms with E-state index in [1.807, 2.05) is 0 Å². The van der Waals surface area contributed by atoms with Gasteiger partial charge in [-0.05, 0) is 18.6 Å². The Kier molecular flexibility index (Phi) is 5.74. The van der Waals surface area contributed by atoms with Gasteiger partial charge < -0.3 is 4.74 Å². The first-order valence-electron chi connectivity index (χ1n) is 8.40. The largest absolute Gasteiger partial charge is 0.429 e. The second-order valence-corrected chi connectivity index (χ2v) is 6.37.